The number of carbonyl (C=O) groups excluding carboxylic acids is 1. The highest BCUT2D eigenvalue weighted by molar-refractivity contribution is 5.93. The fourth-order valence-corrected chi connectivity index (χ4v) is 1.60. The van der Waals surface area contributed by atoms with Crippen molar-refractivity contribution in [2.75, 3.05) is 6.61 Å². The maximum atomic E-state index is 11.4. The van der Waals surface area contributed by atoms with E-state index in [1.54, 1.807) is 6.08 Å². The molecule has 0 bridgehead atoms. The summed E-state index contributed by atoms with van der Waals surface area (Å²) in [4.78, 5) is 11.4. The first-order valence-corrected chi connectivity index (χ1v) is 4.56. The average Bonchev–Trinajstić information content (AvgIpc) is 2.03. The summed E-state index contributed by atoms with van der Waals surface area (Å²) in [6.45, 7) is 2.20. The van der Waals surface area contributed by atoms with Gasteiger partial charge < -0.3 is 5.11 Å². The van der Waals surface area contributed by atoms with Crippen LogP contribution in [0.5, 0.6) is 0 Å². The Morgan fingerprint density at radius 1 is 1.67 bits per heavy atom. The van der Waals surface area contributed by atoms with Gasteiger partial charge in [-0.1, -0.05) is 5.57 Å². The molecule has 0 amide bonds. The number of aliphatic hydroxyl groups excluding tert-OH is 1. The zero-order valence-electron chi connectivity index (χ0n) is 7.55. The van der Waals surface area contributed by atoms with Crippen molar-refractivity contribution in [2.24, 2.45) is 5.92 Å². The first kappa shape index (κ1) is 9.46. The van der Waals surface area contributed by atoms with Crippen LogP contribution in [-0.2, 0) is 4.79 Å². The molecule has 1 aliphatic carbocycles. The third kappa shape index (κ3) is 2.45. The molecule has 12 heavy (non-hydrogen) atoms. The van der Waals surface area contributed by atoms with Gasteiger partial charge in [-0.3, -0.25) is 4.79 Å². The molecule has 0 fully saturated rings. The molecule has 0 aromatic heterocycles. The van der Waals surface area contributed by atoms with Crippen LogP contribution in [0.15, 0.2) is 11.6 Å². The highest BCUT2D eigenvalue weighted by atomic mass is 16.2. The summed E-state index contributed by atoms with van der Waals surface area (Å²) < 4.78 is 0. The summed E-state index contributed by atoms with van der Waals surface area (Å²) in [6, 6.07) is 0. The van der Waals surface area contributed by atoms with E-state index in [4.69, 9.17) is 5.11 Å². The molecule has 1 aliphatic rings. The van der Waals surface area contributed by atoms with Gasteiger partial charge in [0.2, 0.25) is 0 Å². The van der Waals surface area contributed by atoms with Gasteiger partial charge >= 0.3 is 0 Å². The zero-order chi connectivity index (χ0) is 8.97. The lowest BCUT2D eigenvalue weighted by atomic mass is 9.86. The Morgan fingerprint density at radius 2 is 2.42 bits per heavy atom. The molecule has 1 N–H and O–H groups in total. The number of carbonyl (C=O) groups is 1. The van der Waals surface area contributed by atoms with Crippen LogP contribution >= 0.6 is 0 Å². The maximum Gasteiger partial charge on any atom is 0.158 e. The van der Waals surface area contributed by atoms with Gasteiger partial charge in [-0.05, 0) is 38.7 Å². The molecule has 0 saturated heterocycles. The molecule has 1 unspecified atom stereocenters. The van der Waals surface area contributed by atoms with E-state index in [2.05, 4.69) is 0 Å². The predicted octanol–water partition coefficient (Wildman–Crippen LogP) is 1.68. The first-order chi connectivity index (χ1) is 5.74. The van der Waals surface area contributed by atoms with Gasteiger partial charge in [0.05, 0.1) is 0 Å². The maximum absolute atomic E-state index is 11.4. The number of aliphatic hydroxyl groups is 1. The van der Waals surface area contributed by atoms with Crippen LogP contribution in [0.25, 0.3) is 0 Å². The number of hydrogen-bond acceptors (Lipinski definition) is 2. The van der Waals surface area contributed by atoms with Crippen LogP contribution in [0, 0.1) is 5.92 Å². The van der Waals surface area contributed by atoms with Gasteiger partial charge in [-0.2, -0.15) is 0 Å². The van der Waals surface area contributed by atoms with Crippen LogP contribution in [0.4, 0.5) is 0 Å². The van der Waals surface area contributed by atoms with Gasteiger partial charge in [-0.25, -0.2) is 0 Å². The Balaban J connectivity index is 2.42. The van der Waals surface area contributed by atoms with Crippen LogP contribution in [0.3, 0.4) is 0 Å². The van der Waals surface area contributed by atoms with E-state index in [0.29, 0.717) is 0 Å². The van der Waals surface area contributed by atoms with Crippen molar-refractivity contribution in [3.63, 3.8) is 0 Å². The molecule has 0 aromatic rings. The molecule has 0 aliphatic heterocycles. The van der Waals surface area contributed by atoms with E-state index < -0.39 is 0 Å². The third-order valence-corrected chi connectivity index (χ3v) is 2.39. The summed E-state index contributed by atoms with van der Waals surface area (Å²) in [5, 5.41) is 8.61. The second-order valence-electron chi connectivity index (χ2n) is 3.49. The van der Waals surface area contributed by atoms with E-state index in [0.717, 1.165) is 25.7 Å². The quantitative estimate of drug-likeness (QED) is 0.696. The fraction of sp³-hybridized carbons (Fsp3) is 0.700. The summed E-state index contributed by atoms with van der Waals surface area (Å²) in [5.41, 5.74) is 1.19. The third-order valence-electron chi connectivity index (χ3n) is 2.39. The average molecular weight is 168 g/mol. The fourth-order valence-electron chi connectivity index (χ4n) is 1.60. The van der Waals surface area contributed by atoms with Crippen LogP contribution in [0.1, 0.15) is 32.6 Å². The van der Waals surface area contributed by atoms with Crippen LogP contribution in [0.2, 0.25) is 0 Å². The Bertz CT molecular complexity index is 194. The smallest absolute Gasteiger partial charge is 0.158 e. The molecule has 2 nitrogen and oxygen atoms in total. The molecule has 68 valence electrons. The lowest BCUT2D eigenvalue weighted by Gasteiger charge is -2.18. The van der Waals surface area contributed by atoms with Crippen molar-refractivity contribution in [1.82, 2.24) is 0 Å². The minimum Gasteiger partial charge on any atom is -0.396 e. The highest BCUT2D eigenvalue weighted by Gasteiger charge is 2.19. The van der Waals surface area contributed by atoms with Crippen molar-refractivity contribution < 1.29 is 9.90 Å². The number of hydrogen-bond donors (Lipinski definition) is 1. The Morgan fingerprint density at radius 3 is 3.00 bits per heavy atom. The molecule has 1 atom stereocenters. The Labute approximate surface area is 73.3 Å². The first-order valence-electron chi connectivity index (χ1n) is 4.56. The Kier molecular flexibility index (Phi) is 3.48. The standard InChI is InChI=1S/C10H16O2/c1-8-4-5-9(3-2-6-11)10(12)7-8/h7,9,11H,2-6H2,1H3. The number of allylic oxidation sites excluding steroid dienone is 2. The summed E-state index contributed by atoms with van der Waals surface area (Å²) in [7, 11) is 0. The van der Waals surface area contributed by atoms with Gasteiger partial charge in [0.25, 0.3) is 0 Å². The molecule has 0 saturated carbocycles. The lowest BCUT2D eigenvalue weighted by Crippen LogP contribution is -2.17. The zero-order valence-corrected chi connectivity index (χ0v) is 7.55. The molecular weight excluding hydrogens is 152 g/mol. The largest absolute Gasteiger partial charge is 0.396 e. The lowest BCUT2D eigenvalue weighted by molar-refractivity contribution is -0.119. The van der Waals surface area contributed by atoms with Crippen LogP contribution in [-0.4, -0.2) is 17.5 Å². The topological polar surface area (TPSA) is 37.3 Å². The second-order valence-corrected chi connectivity index (χ2v) is 3.49. The van der Waals surface area contributed by atoms with E-state index >= 15 is 0 Å². The summed E-state index contributed by atoms with van der Waals surface area (Å²) in [5.74, 6) is 0.438. The minimum atomic E-state index is 0.181. The van der Waals surface area contributed by atoms with Crippen molar-refractivity contribution in [3.05, 3.63) is 11.6 Å². The van der Waals surface area contributed by atoms with E-state index in [-0.39, 0.29) is 18.3 Å². The molecule has 0 spiro atoms. The summed E-state index contributed by atoms with van der Waals surface area (Å²) in [6.07, 6.45) is 5.37. The van der Waals surface area contributed by atoms with Gasteiger partial charge in [0, 0.05) is 12.5 Å². The molecule has 0 aromatic carbocycles. The van der Waals surface area contributed by atoms with Crippen molar-refractivity contribution in [3.8, 4) is 0 Å². The second kappa shape index (κ2) is 4.41. The minimum absolute atomic E-state index is 0.181. The van der Waals surface area contributed by atoms with Gasteiger partial charge in [0.15, 0.2) is 5.78 Å². The Hall–Kier alpha value is -0.630. The SMILES string of the molecule is CC1=CC(=O)C(CCCO)CC1. The number of ketones is 1. The van der Waals surface area contributed by atoms with Gasteiger partial charge in [0.1, 0.15) is 0 Å². The monoisotopic (exact) mass is 168 g/mol. The molecule has 1 rings (SSSR count). The van der Waals surface area contributed by atoms with Crippen molar-refractivity contribution >= 4 is 5.78 Å². The molecule has 0 heterocycles. The van der Waals surface area contributed by atoms with E-state index in [1.807, 2.05) is 6.92 Å². The molecule has 0 radical (unpaired) electrons. The molecular formula is C10H16O2. The van der Waals surface area contributed by atoms with Crippen LogP contribution < -0.4 is 0 Å². The van der Waals surface area contributed by atoms with Crippen molar-refractivity contribution in [2.45, 2.75) is 32.6 Å². The number of rotatable bonds is 3. The normalized spacial score (nSPS) is 24.0. The van der Waals surface area contributed by atoms with Gasteiger partial charge in [-0.15, -0.1) is 0 Å². The predicted molar refractivity (Wildman–Crippen MR) is 47.8 cm³/mol. The highest BCUT2D eigenvalue weighted by Crippen LogP contribution is 2.23. The summed E-state index contributed by atoms with van der Waals surface area (Å²) >= 11 is 0. The molecule has 2 heteroatoms. The van der Waals surface area contributed by atoms with Crippen molar-refractivity contribution in [1.29, 1.82) is 0 Å². The van der Waals surface area contributed by atoms with E-state index in [1.165, 1.54) is 5.57 Å². The van der Waals surface area contributed by atoms with E-state index in [9.17, 15) is 4.79 Å².